The summed E-state index contributed by atoms with van der Waals surface area (Å²) < 4.78 is 24.4. The van der Waals surface area contributed by atoms with Crippen molar-refractivity contribution < 1.29 is 8.42 Å². The van der Waals surface area contributed by atoms with Gasteiger partial charge in [0.25, 0.3) is 0 Å². The van der Waals surface area contributed by atoms with Crippen LogP contribution in [0.5, 0.6) is 0 Å². The average Bonchev–Trinajstić information content (AvgIpc) is 3.11. The molecule has 0 saturated carbocycles. The second-order valence-corrected chi connectivity index (χ2v) is 9.14. The third-order valence-corrected chi connectivity index (χ3v) is 6.78. The lowest BCUT2D eigenvalue weighted by Gasteiger charge is -2.05. The molecule has 6 heteroatoms. The Hall–Kier alpha value is -2.02. The van der Waals surface area contributed by atoms with Crippen LogP contribution in [0.4, 0.5) is 0 Å². The van der Waals surface area contributed by atoms with Gasteiger partial charge in [-0.05, 0) is 32.0 Å². The number of thiazole rings is 1. The van der Waals surface area contributed by atoms with Crippen LogP contribution in [-0.2, 0) is 16.4 Å². The van der Waals surface area contributed by atoms with E-state index in [-0.39, 0.29) is 5.75 Å². The van der Waals surface area contributed by atoms with Crippen LogP contribution in [0.25, 0.3) is 10.6 Å². The van der Waals surface area contributed by atoms with Crippen LogP contribution in [0.1, 0.15) is 17.7 Å². The third-order valence-electron chi connectivity index (χ3n) is 4.03. The van der Waals surface area contributed by atoms with Crippen molar-refractivity contribution >= 4 is 21.2 Å². The fourth-order valence-corrected chi connectivity index (χ4v) is 4.72. The monoisotopic (exact) mass is 386 g/mol. The van der Waals surface area contributed by atoms with E-state index in [2.05, 4.69) is 41.5 Å². The lowest BCUT2D eigenvalue weighted by Crippen LogP contribution is -2.18. The number of aromatic nitrogens is 1. The summed E-state index contributed by atoms with van der Waals surface area (Å²) in [5, 5.41) is 6.33. The molecule has 3 aromatic rings. The van der Waals surface area contributed by atoms with E-state index in [1.807, 2.05) is 11.4 Å². The highest BCUT2D eigenvalue weighted by Gasteiger charge is 2.13. The van der Waals surface area contributed by atoms with Crippen LogP contribution < -0.4 is 5.32 Å². The number of sulfone groups is 1. The maximum Gasteiger partial charge on any atom is 0.178 e. The molecule has 3 rings (SSSR count). The van der Waals surface area contributed by atoms with Crippen LogP contribution in [0.2, 0.25) is 0 Å². The fraction of sp³-hybridized carbons (Fsp3) is 0.250. The smallest absolute Gasteiger partial charge is 0.178 e. The van der Waals surface area contributed by atoms with Crippen molar-refractivity contribution in [3.05, 3.63) is 71.2 Å². The summed E-state index contributed by atoms with van der Waals surface area (Å²) in [7, 11) is -3.19. The predicted octanol–water partition coefficient (Wildman–Crippen LogP) is 4.07. The van der Waals surface area contributed by atoms with Gasteiger partial charge >= 0.3 is 0 Å². The molecule has 2 aromatic carbocycles. The molecule has 0 aliphatic carbocycles. The number of aryl methyl sites for hydroxylation is 1. The van der Waals surface area contributed by atoms with Gasteiger partial charge in [-0.1, -0.05) is 48.0 Å². The molecule has 0 saturated heterocycles. The minimum atomic E-state index is -3.19. The zero-order valence-electron chi connectivity index (χ0n) is 14.7. The first kappa shape index (κ1) is 18.8. The molecular weight excluding hydrogens is 364 g/mol. The second-order valence-electron chi connectivity index (χ2n) is 6.17. The Morgan fingerprint density at radius 3 is 2.50 bits per heavy atom. The first-order valence-corrected chi connectivity index (χ1v) is 11.1. The fourth-order valence-electron chi connectivity index (χ4n) is 2.57. The number of benzene rings is 2. The third kappa shape index (κ3) is 5.00. The number of hydrogen-bond acceptors (Lipinski definition) is 5. The Balaban J connectivity index is 1.45. The van der Waals surface area contributed by atoms with E-state index in [0.29, 0.717) is 24.4 Å². The Morgan fingerprint density at radius 1 is 1.04 bits per heavy atom. The van der Waals surface area contributed by atoms with Gasteiger partial charge in [-0.2, -0.15) is 0 Å². The van der Waals surface area contributed by atoms with Gasteiger partial charge in [-0.15, -0.1) is 11.3 Å². The van der Waals surface area contributed by atoms with Crippen molar-refractivity contribution in [1.82, 2.24) is 10.3 Å². The van der Waals surface area contributed by atoms with Gasteiger partial charge in [-0.3, -0.25) is 0 Å². The molecule has 26 heavy (non-hydrogen) atoms. The van der Waals surface area contributed by atoms with Crippen molar-refractivity contribution in [2.24, 2.45) is 0 Å². The molecule has 1 heterocycles. The van der Waals surface area contributed by atoms with Crippen LogP contribution in [0.15, 0.2) is 64.9 Å². The molecule has 0 unspecified atom stereocenters. The topological polar surface area (TPSA) is 59.1 Å². The highest BCUT2D eigenvalue weighted by molar-refractivity contribution is 7.91. The molecule has 0 fully saturated rings. The van der Waals surface area contributed by atoms with Gasteiger partial charge in [0.05, 0.1) is 16.3 Å². The summed E-state index contributed by atoms with van der Waals surface area (Å²) in [6.45, 7) is 3.36. The Morgan fingerprint density at radius 2 is 1.77 bits per heavy atom. The second kappa shape index (κ2) is 8.58. The van der Waals surface area contributed by atoms with Gasteiger partial charge in [-0.25, -0.2) is 13.4 Å². The zero-order valence-corrected chi connectivity index (χ0v) is 16.3. The minimum Gasteiger partial charge on any atom is -0.311 e. The largest absolute Gasteiger partial charge is 0.311 e. The Bertz CT molecular complexity index is 933. The zero-order chi connectivity index (χ0) is 18.4. The lowest BCUT2D eigenvalue weighted by molar-refractivity contribution is 0.588. The molecule has 0 radical (unpaired) electrons. The Labute approximate surface area is 158 Å². The highest BCUT2D eigenvalue weighted by Crippen LogP contribution is 2.23. The summed E-state index contributed by atoms with van der Waals surface area (Å²) in [5.41, 5.74) is 3.34. The van der Waals surface area contributed by atoms with Crippen molar-refractivity contribution in [3.63, 3.8) is 0 Å². The predicted molar refractivity (Wildman–Crippen MR) is 107 cm³/mol. The molecule has 0 spiro atoms. The summed E-state index contributed by atoms with van der Waals surface area (Å²) in [6, 6.07) is 16.9. The molecule has 1 aromatic heterocycles. The molecule has 0 atom stereocenters. The molecule has 0 amide bonds. The molecule has 136 valence electrons. The van der Waals surface area contributed by atoms with Crippen molar-refractivity contribution in [2.75, 3.05) is 12.3 Å². The van der Waals surface area contributed by atoms with Crippen LogP contribution in [-0.4, -0.2) is 25.7 Å². The van der Waals surface area contributed by atoms with Crippen LogP contribution >= 0.6 is 11.3 Å². The Kier molecular flexibility index (Phi) is 6.19. The average molecular weight is 387 g/mol. The minimum absolute atomic E-state index is 0.149. The van der Waals surface area contributed by atoms with E-state index >= 15 is 0 Å². The standard InChI is InChI=1S/C20H22N2O2S2/c1-16-8-10-17(11-9-16)20-22-18(15-25-20)14-21-12-5-13-26(23,24)19-6-3-2-4-7-19/h2-4,6-11,15,21H,5,12-14H2,1H3. The number of nitrogens with one attached hydrogen (secondary N) is 1. The van der Waals surface area contributed by atoms with E-state index in [1.54, 1.807) is 35.6 Å². The number of nitrogens with zero attached hydrogens (tertiary/aromatic N) is 1. The van der Waals surface area contributed by atoms with Gasteiger partial charge in [0, 0.05) is 17.5 Å². The summed E-state index contributed by atoms with van der Waals surface area (Å²) in [6.07, 6.45) is 0.576. The lowest BCUT2D eigenvalue weighted by atomic mass is 10.2. The van der Waals surface area contributed by atoms with Crippen molar-refractivity contribution in [3.8, 4) is 10.6 Å². The first-order chi connectivity index (χ1) is 12.5. The van der Waals surface area contributed by atoms with Crippen LogP contribution in [0, 0.1) is 6.92 Å². The van der Waals surface area contributed by atoms with Crippen molar-refractivity contribution in [2.45, 2.75) is 24.8 Å². The highest BCUT2D eigenvalue weighted by atomic mass is 32.2. The van der Waals surface area contributed by atoms with E-state index in [1.165, 1.54) is 5.56 Å². The maximum atomic E-state index is 12.2. The van der Waals surface area contributed by atoms with Crippen molar-refractivity contribution in [1.29, 1.82) is 0 Å². The summed E-state index contributed by atoms with van der Waals surface area (Å²) in [4.78, 5) is 5.03. The molecule has 0 bridgehead atoms. The van der Waals surface area contributed by atoms with E-state index in [9.17, 15) is 8.42 Å². The normalized spacial score (nSPS) is 11.6. The van der Waals surface area contributed by atoms with Gasteiger partial charge in [0.15, 0.2) is 9.84 Å². The van der Waals surface area contributed by atoms with E-state index in [0.717, 1.165) is 16.3 Å². The maximum absolute atomic E-state index is 12.2. The van der Waals surface area contributed by atoms with Gasteiger partial charge < -0.3 is 5.32 Å². The van der Waals surface area contributed by atoms with E-state index in [4.69, 9.17) is 0 Å². The molecule has 0 aliphatic rings. The molecular formula is C20H22N2O2S2. The summed E-state index contributed by atoms with van der Waals surface area (Å²) in [5.74, 6) is 0.149. The number of hydrogen-bond donors (Lipinski definition) is 1. The first-order valence-electron chi connectivity index (χ1n) is 8.54. The van der Waals surface area contributed by atoms with Gasteiger partial charge in [0.2, 0.25) is 0 Å². The SMILES string of the molecule is Cc1ccc(-c2nc(CNCCCS(=O)(=O)c3ccccc3)cs2)cc1. The quantitative estimate of drug-likeness (QED) is 0.593. The molecule has 0 aliphatic heterocycles. The van der Waals surface area contributed by atoms with E-state index < -0.39 is 9.84 Å². The number of rotatable bonds is 8. The van der Waals surface area contributed by atoms with Gasteiger partial charge in [0.1, 0.15) is 5.01 Å². The van der Waals surface area contributed by atoms with Crippen LogP contribution in [0.3, 0.4) is 0 Å². The molecule has 1 N–H and O–H groups in total. The summed E-state index contributed by atoms with van der Waals surface area (Å²) >= 11 is 1.63. The molecule has 4 nitrogen and oxygen atoms in total.